The maximum atomic E-state index is 5.60. The zero-order valence-corrected chi connectivity index (χ0v) is 19.4. The number of hydrogen-bond donors (Lipinski definition) is 0. The minimum atomic E-state index is 0.303. The molecule has 0 radical (unpaired) electrons. The van der Waals surface area contributed by atoms with Crippen molar-refractivity contribution in [3.05, 3.63) is 58.7 Å². The van der Waals surface area contributed by atoms with E-state index in [1.54, 1.807) is 11.8 Å². The van der Waals surface area contributed by atoms with Crippen LogP contribution in [0.3, 0.4) is 0 Å². The van der Waals surface area contributed by atoms with Gasteiger partial charge in [-0.1, -0.05) is 18.9 Å². The number of thioether (sulfide) groups is 1. The van der Waals surface area contributed by atoms with Crippen LogP contribution in [0.15, 0.2) is 46.4 Å². The highest BCUT2D eigenvalue weighted by Crippen LogP contribution is 2.37. The lowest BCUT2D eigenvalue weighted by molar-refractivity contribution is 0.174. The molecular weight excluding hydrogens is 418 g/mol. The molecule has 32 heavy (non-hydrogen) atoms. The summed E-state index contributed by atoms with van der Waals surface area (Å²) < 4.78 is 11.1. The lowest BCUT2D eigenvalue weighted by Gasteiger charge is -2.31. The van der Waals surface area contributed by atoms with Crippen molar-refractivity contribution in [3.63, 3.8) is 0 Å². The third kappa shape index (κ3) is 3.71. The molecule has 6 rings (SSSR count). The van der Waals surface area contributed by atoms with Gasteiger partial charge in [0.1, 0.15) is 5.03 Å². The van der Waals surface area contributed by atoms with Crippen LogP contribution in [0.25, 0.3) is 10.9 Å². The Morgan fingerprint density at radius 1 is 1.03 bits per heavy atom. The molecule has 0 N–H and O–H groups in total. The van der Waals surface area contributed by atoms with Crippen molar-refractivity contribution in [2.45, 2.75) is 63.7 Å². The highest BCUT2D eigenvalue weighted by molar-refractivity contribution is 8.13. The van der Waals surface area contributed by atoms with E-state index >= 15 is 0 Å². The van der Waals surface area contributed by atoms with Crippen molar-refractivity contribution in [3.8, 4) is 11.5 Å². The minimum absolute atomic E-state index is 0.303. The Morgan fingerprint density at radius 3 is 2.72 bits per heavy atom. The second-order valence-corrected chi connectivity index (χ2v) is 10.0. The summed E-state index contributed by atoms with van der Waals surface area (Å²) in [6, 6.07) is 13.5. The van der Waals surface area contributed by atoms with Crippen molar-refractivity contribution >= 4 is 27.8 Å². The van der Waals surface area contributed by atoms with E-state index in [9.17, 15) is 0 Å². The van der Waals surface area contributed by atoms with Gasteiger partial charge in [-0.3, -0.25) is 4.99 Å². The number of amidine groups is 1. The van der Waals surface area contributed by atoms with E-state index in [0.717, 1.165) is 40.3 Å². The molecule has 0 atom stereocenters. The van der Waals surface area contributed by atoms with Crippen LogP contribution < -0.4 is 9.47 Å². The maximum absolute atomic E-state index is 5.60. The van der Waals surface area contributed by atoms with E-state index < -0.39 is 0 Å². The number of rotatable bonds is 3. The lowest BCUT2D eigenvalue weighted by Crippen LogP contribution is -2.32. The fourth-order valence-corrected chi connectivity index (χ4v) is 5.80. The third-order valence-corrected chi connectivity index (χ3v) is 7.81. The van der Waals surface area contributed by atoms with Crippen molar-refractivity contribution in [1.29, 1.82) is 0 Å². The third-order valence-electron chi connectivity index (χ3n) is 6.72. The number of ether oxygens (including phenoxy) is 2. The molecule has 2 aliphatic heterocycles. The van der Waals surface area contributed by atoms with E-state index in [1.165, 1.54) is 53.3 Å². The predicted molar refractivity (Wildman–Crippen MR) is 129 cm³/mol. The Bertz CT molecular complexity index is 1230. The van der Waals surface area contributed by atoms with Gasteiger partial charge in [-0.05, 0) is 85.5 Å². The number of hydrogen-bond acceptors (Lipinski definition) is 5. The van der Waals surface area contributed by atoms with Crippen LogP contribution in [0, 0.1) is 13.8 Å². The van der Waals surface area contributed by atoms with Crippen LogP contribution >= 0.6 is 11.8 Å². The van der Waals surface area contributed by atoms with E-state index in [-0.39, 0.29) is 0 Å². The van der Waals surface area contributed by atoms with Crippen molar-refractivity contribution in [2.75, 3.05) is 6.79 Å². The molecule has 0 spiro atoms. The Balaban J connectivity index is 1.37. The summed E-state index contributed by atoms with van der Waals surface area (Å²) in [5.41, 5.74) is 6.15. The highest BCUT2D eigenvalue weighted by atomic mass is 32.2. The number of nitrogens with zero attached hydrogens (tertiary/aromatic N) is 3. The first-order chi connectivity index (χ1) is 15.6. The van der Waals surface area contributed by atoms with E-state index in [1.807, 2.05) is 6.07 Å². The first kappa shape index (κ1) is 19.9. The monoisotopic (exact) mass is 445 g/mol. The average Bonchev–Trinajstić information content (AvgIpc) is 3.45. The number of pyridine rings is 1. The number of aryl methyl sites for hydroxylation is 2. The second-order valence-electron chi connectivity index (χ2n) is 9.08. The van der Waals surface area contributed by atoms with Gasteiger partial charge in [0.15, 0.2) is 16.7 Å². The molecule has 1 aliphatic carbocycles. The van der Waals surface area contributed by atoms with Gasteiger partial charge in [0, 0.05) is 24.0 Å². The summed E-state index contributed by atoms with van der Waals surface area (Å²) in [5.74, 6) is 1.66. The van der Waals surface area contributed by atoms with Gasteiger partial charge in [0.25, 0.3) is 0 Å². The fraction of sp³-hybridized carbons (Fsp3) is 0.385. The van der Waals surface area contributed by atoms with Crippen LogP contribution in [0.1, 0.15) is 47.9 Å². The van der Waals surface area contributed by atoms with Crippen LogP contribution in [0.2, 0.25) is 0 Å². The van der Waals surface area contributed by atoms with Crippen molar-refractivity contribution in [1.82, 2.24) is 9.88 Å². The lowest BCUT2D eigenvalue weighted by atomic mass is 10.0. The molecule has 6 heteroatoms. The molecule has 3 aromatic rings. The molecule has 1 fully saturated rings. The molecule has 5 nitrogen and oxygen atoms in total. The van der Waals surface area contributed by atoms with Gasteiger partial charge in [-0.15, -0.1) is 0 Å². The van der Waals surface area contributed by atoms with Gasteiger partial charge in [-0.2, -0.15) is 0 Å². The molecule has 3 aliphatic rings. The standard InChI is InChI=1S/C26H27N3O2S/c1-16-9-19-12-20-14-29(13-18-7-8-23-24(11-18)31-15-30-23)26(27-21-5-3-4-6-21)32-25(20)28-22(19)10-17(16)2/h7-12,21H,3-6,13-15H2,1-2H3. The summed E-state index contributed by atoms with van der Waals surface area (Å²) in [6.45, 7) is 6.24. The van der Waals surface area contributed by atoms with Crippen molar-refractivity contribution < 1.29 is 9.47 Å². The normalized spacial score (nSPS) is 19.2. The highest BCUT2D eigenvalue weighted by Gasteiger charge is 2.27. The van der Waals surface area contributed by atoms with E-state index in [0.29, 0.717) is 12.8 Å². The molecule has 0 unspecified atom stereocenters. The first-order valence-electron chi connectivity index (χ1n) is 11.4. The largest absolute Gasteiger partial charge is 0.454 e. The molecule has 2 aromatic carbocycles. The number of aromatic nitrogens is 1. The molecule has 1 aromatic heterocycles. The van der Waals surface area contributed by atoms with Crippen LogP contribution in [0.5, 0.6) is 11.5 Å². The summed E-state index contributed by atoms with van der Waals surface area (Å²) in [4.78, 5) is 12.7. The zero-order valence-electron chi connectivity index (χ0n) is 18.6. The molecular formula is C26H27N3O2S. The SMILES string of the molecule is Cc1cc2cc3c(nc2cc1C)SC(=NC1CCCC1)N(Cc1ccc2c(c1)OCO2)C3. The Kier molecular flexibility index (Phi) is 4.98. The number of fused-ring (bicyclic) bond motifs is 3. The molecule has 164 valence electrons. The smallest absolute Gasteiger partial charge is 0.231 e. The zero-order chi connectivity index (χ0) is 21.7. The number of benzene rings is 2. The molecule has 3 heterocycles. The van der Waals surface area contributed by atoms with E-state index in [4.69, 9.17) is 19.5 Å². The Morgan fingerprint density at radius 2 is 1.84 bits per heavy atom. The minimum Gasteiger partial charge on any atom is -0.454 e. The summed E-state index contributed by atoms with van der Waals surface area (Å²) in [5, 5.41) is 3.41. The first-order valence-corrected chi connectivity index (χ1v) is 12.2. The predicted octanol–water partition coefficient (Wildman–Crippen LogP) is 5.99. The number of aliphatic imine (C=N–C) groups is 1. The second kappa shape index (κ2) is 8.00. The molecule has 0 amide bonds. The topological polar surface area (TPSA) is 47.0 Å². The Labute approximate surface area is 192 Å². The quantitative estimate of drug-likeness (QED) is 0.496. The van der Waals surface area contributed by atoms with E-state index in [2.05, 4.69) is 49.1 Å². The van der Waals surface area contributed by atoms with Gasteiger partial charge in [0.2, 0.25) is 6.79 Å². The van der Waals surface area contributed by atoms with Gasteiger partial charge < -0.3 is 14.4 Å². The average molecular weight is 446 g/mol. The molecule has 0 bridgehead atoms. The summed E-state index contributed by atoms with van der Waals surface area (Å²) in [6.07, 6.45) is 4.95. The van der Waals surface area contributed by atoms with Crippen LogP contribution in [-0.4, -0.2) is 27.9 Å². The van der Waals surface area contributed by atoms with Gasteiger partial charge in [0.05, 0.1) is 11.6 Å². The van der Waals surface area contributed by atoms with Crippen LogP contribution in [0.4, 0.5) is 0 Å². The molecule has 1 saturated carbocycles. The van der Waals surface area contributed by atoms with Crippen molar-refractivity contribution in [2.24, 2.45) is 4.99 Å². The van der Waals surface area contributed by atoms with Gasteiger partial charge in [-0.25, -0.2) is 4.98 Å². The summed E-state index contributed by atoms with van der Waals surface area (Å²) in [7, 11) is 0. The fourth-order valence-electron chi connectivity index (χ4n) is 4.77. The Hall–Kier alpha value is -2.73. The maximum Gasteiger partial charge on any atom is 0.231 e. The molecule has 0 saturated heterocycles. The van der Waals surface area contributed by atoms with Crippen LogP contribution in [-0.2, 0) is 13.1 Å². The van der Waals surface area contributed by atoms with Gasteiger partial charge >= 0.3 is 0 Å². The summed E-state index contributed by atoms with van der Waals surface area (Å²) >= 11 is 1.73.